The number of aromatic amines is 1. The lowest BCUT2D eigenvalue weighted by atomic mass is 10.0. The quantitative estimate of drug-likeness (QED) is 0.669. The van der Waals surface area contributed by atoms with Gasteiger partial charge in [0.05, 0.1) is 0 Å². The van der Waals surface area contributed by atoms with Crippen molar-refractivity contribution in [1.29, 1.82) is 0 Å². The van der Waals surface area contributed by atoms with Gasteiger partial charge in [-0.1, -0.05) is 12.1 Å². The summed E-state index contributed by atoms with van der Waals surface area (Å²) in [6, 6.07) is 11.1. The molecule has 0 amide bonds. The number of H-pyrrole nitrogens is 1. The molecule has 0 aliphatic carbocycles. The van der Waals surface area contributed by atoms with Crippen LogP contribution in [0.4, 0.5) is 0 Å². The lowest BCUT2D eigenvalue weighted by Gasteiger charge is -2.04. The Labute approximate surface area is 97.9 Å². The predicted octanol–water partition coefficient (Wildman–Crippen LogP) is 2.64. The lowest BCUT2D eigenvalue weighted by Crippen LogP contribution is -1.83. The monoisotopic (exact) mass is 225 g/mol. The van der Waals surface area contributed by atoms with Gasteiger partial charge < -0.3 is 5.11 Å². The number of benzene rings is 2. The fraction of sp³-hybridized carbons (Fsp3) is 0.0769. The molecular formula is C13H11N3O. The number of phenolic OH excluding ortho intramolecular Hbond substituents is 1. The summed E-state index contributed by atoms with van der Waals surface area (Å²) in [5.41, 5.74) is 4.88. The number of aromatic hydroxyl groups is 1. The number of hydrogen-bond acceptors (Lipinski definition) is 3. The fourth-order valence-electron chi connectivity index (χ4n) is 1.95. The first-order chi connectivity index (χ1) is 8.24. The molecule has 2 aromatic carbocycles. The smallest absolute Gasteiger partial charge is 0.120 e. The number of phenols is 1. The molecule has 3 rings (SSSR count). The van der Waals surface area contributed by atoms with Gasteiger partial charge in [0, 0.05) is 5.56 Å². The third kappa shape index (κ3) is 1.63. The molecule has 0 fully saturated rings. The molecule has 4 heteroatoms. The molecule has 0 spiro atoms. The van der Waals surface area contributed by atoms with Crippen LogP contribution in [0.15, 0.2) is 36.4 Å². The molecule has 0 aliphatic heterocycles. The Hall–Kier alpha value is -2.36. The highest BCUT2D eigenvalue weighted by Gasteiger charge is 2.08. The van der Waals surface area contributed by atoms with Crippen LogP contribution < -0.4 is 0 Å². The van der Waals surface area contributed by atoms with Gasteiger partial charge >= 0.3 is 0 Å². The van der Waals surface area contributed by atoms with Crippen LogP contribution in [0.1, 0.15) is 5.56 Å². The highest BCUT2D eigenvalue weighted by atomic mass is 16.3. The average Bonchev–Trinajstić information content (AvgIpc) is 2.77. The molecule has 0 saturated heterocycles. The largest absolute Gasteiger partial charge is 0.508 e. The van der Waals surface area contributed by atoms with Crippen LogP contribution in [0.5, 0.6) is 5.75 Å². The molecule has 3 aromatic rings. The van der Waals surface area contributed by atoms with E-state index in [2.05, 4.69) is 21.5 Å². The Morgan fingerprint density at radius 2 is 1.82 bits per heavy atom. The molecule has 1 heterocycles. The third-order valence-electron chi connectivity index (χ3n) is 2.74. The summed E-state index contributed by atoms with van der Waals surface area (Å²) in [4.78, 5) is 0. The number of fused-ring (bicyclic) bond motifs is 1. The number of nitrogens with zero attached hydrogens (tertiary/aromatic N) is 2. The summed E-state index contributed by atoms with van der Waals surface area (Å²) in [6.45, 7) is 2.03. The number of rotatable bonds is 1. The molecule has 0 unspecified atom stereocenters. The van der Waals surface area contributed by atoms with E-state index in [1.165, 1.54) is 0 Å². The van der Waals surface area contributed by atoms with Crippen molar-refractivity contribution in [2.75, 3.05) is 0 Å². The van der Waals surface area contributed by atoms with E-state index >= 15 is 0 Å². The summed E-state index contributed by atoms with van der Waals surface area (Å²) in [5, 5.41) is 20.2. The van der Waals surface area contributed by atoms with Crippen LogP contribution in [0, 0.1) is 6.92 Å². The van der Waals surface area contributed by atoms with Gasteiger partial charge in [0.25, 0.3) is 0 Å². The van der Waals surface area contributed by atoms with Crippen LogP contribution in [0.3, 0.4) is 0 Å². The van der Waals surface area contributed by atoms with Gasteiger partial charge in [0.1, 0.15) is 16.8 Å². The lowest BCUT2D eigenvalue weighted by molar-refractivity contribution is 0.475. The van der Waals surface area contributed by atoms with E-state index in [4.69, 9.17) is 0 Å². The van der Waals surface area contributed by atoms with Crippen LogP contribution in [0.25, 0.3) is 22.2 Å². The van der Waals surface area contributed by atoms with Crippen molar-refractivity contribution in [1.82, 2.24) is 15.4 Å². The summed E-state index contributed by atoms with van der Waals surface area (Å²) >= 11 is 0. The Morgan fingerprint density at radius 3 is 2.59 bits per heavy atom. The molecule has 17 heavy (non-hydrogen) atoms. The summed E-state index contributed by atoms with van der Waals surface area (Å²) in [5.74, 6) is 0.262. The van der Waals surface area contributed by atoms with E-state index in [9.17, 15) is 5.11 Å². The van der Waals surface area contributed by atoms with Gasteiger partial charge in [0.2, 0.25) is 0 Å². The fourth-order valence-corrected chi connectivity index (χ4v) is 1.95. The summed E-state index contributed by atoms with van der Waals surface area (Å²) < 4.78 is 0. The van der Waals surface area contributed by atoms with Crippen molar-refractivity contribution >= 4 is 11.0 Å². The van der Waals surface area contributed by atoms with Crippen LogP contribution >= 0.6 is 0 Å². The second-order valence-corrected chi connectivity index (χ2v) is 4.05. The minimum Gasteiger partial charge on any atom is -0.508 e. The maximum absolute atomic E-state index is 9.30. The standard InChI is InChI=1S/C13H11N3O/c1-8-6-11(9-2-4-10(17)5-3-9)13-12(7-8)14-16-15-13/h2-7,17H,1H3,(H,14,15,16). The normalized spacial score (nSPS) is 10.9. The van der Waals surface area contributed by atoms with E-state index in [1.807, 2.05) is 25.1 Å². The Balaban J connectivity index is 2.28. The Morgan fingerprint density at radius 1 is 1.06 bits per heavy atom. The van der Waals surface area contributed by atoms with Gasteiger partial charge in [-0.15, -0.1) is 0 Å². The van der Waals surface area contributed by atoms with Gasteiger partial charge in [-0.25, -0.2) is 0 Å². The topological polar surface area (TPSA) is 61.8 Å². The molecule has 0 aliphatic rings. The number of aromatic nitrogens is 3. The van der Waals surface area contributed by atoms with Gasteiger partial charge in [-0.2, -0.15) is 15.4 Å². The first kappa shape index (κ1) is 9.84. The first-order valence-corrected chi connectivity index (χ1v) is 5.34. The van der Waals surface area contributed by atoms with E-state index in [0.717, 1.165) is 27.7 Å². The zero-order valence-corrected chi connectivity index (χ0v) is 9.31. The molecule has 2 N–H and O–H groups in total. The number of hydrogen-bond donors (Lipinski definition) is 2. The third-order valence-corrected chi connectivity index (χ3v) is 2.74. The maximum Gasteiger partial charge on any atom is 0.120 e. The van der Waals surface area contributed by atoms with Crippen LogP contribution in [0.2, 0.25) is 0 Å². The molecule has 1 aromatic heterocycles. The first-order valence-electron chi connectivity index (χ1n) is 5.34. The second kappa shape index (κ2) is 3.59. The second-order valence-electron chi connectivity index (χ2n) is 4.05. The summed E-state index contributed by atoms with van der Waals surface area (Å²) in [6.07, 6.45) is 0. The van der Waals surface area contributed by atoms with Crippen molar-refractivity contribution in [2.24, 2.45) is 0 Å². The molecule has 0 bridgehead atoms. The van der Waals surface area contributed by atoms with E-state index in [-0.39, 0.29) is 5.75 Å². The van der Waals surface area contributed by atoms with E-state index in [0.29, 0.717) is 0 Å². The van der Waals surface area contributed by atoms with Crippen molar-refractivity contribution in [3.05, 3.63) is 42.0 Å². The van der Waals surface area contributed by atoms with Crippen LogP contribution in [-0.2, 0) is 0 Å². The van der Waals surface area contributed by atoms with Gasteiger partial charge in [0.15, 0.2) is 0 Å². The number of aryl methyl sites for hydroxylation is 1. The molecule has 0 radical (unpaired) electrons. The molecular weight excluding hydrogens is 214 g/mol. The molecule has 84 valence electrons. The SMILES string of the molecule is Cc1cc(-c2ccc(O)cc2)c2n[nH]nc2c1. The van der Waals surface area contributed by atoms with Gasteiger partial charge in [-0.3, -0.25) is 0 Å². The highest BCUT2D eigenvalue weighted by molar-refractivity contribution is 5.91. The zero-order valence-electron chi connectivity index (χ0n) is 9.31. The van der Waals surface area contributed by atoms with E-state index in [1.54, 1.807) is 12.1 Å². The highest BCUT2D eigenvalue weighted by Crippen LogP contribution is 2.28. The molecule has 4 nitrogen and oxygen atoms in total. The van der Waals surface area contributed by atoms with Crippen molar-refractivity contribution < 1.29 is 5.11 Å². The maximum atomic E-state index is 9.30. The van der Waals surface area contributed by atoms with Crippen molar-refractivity contribution in [3.8, 4) is 16.9 Å². The minimum absolute atomic E-state index is 0.262. The Bertz CT molecular complexity index is 671. The zero-order chi connectivity index (χ0) is 11.8. The van der Waals surface area contributed by atoms with Crippen molar-refractivity contribution in [2.45, 2.75) is 6.92 Å². The average molecular weight is 225 g/mol. The molecule has 0 atom stereocenters. The van der Waals surface area contributed by atoms with E-state index < -0.39 is 0 Å². The van der Waals surface area contributed by atoms with Crippen molar-refractivity contribution in [3.63, 3.8) is 0 Å². The minimum atomic E-state index is 0.262. The number of nitrogens with one attached hydrogen (secondary N) is 1. The predicted molar refractivity (Wildman–Crippen MR) is 65.7 cm³/mol. The van der Waals surface area contributed by atoms with Gasteiger partial charge in [-0.05, 0) is 42.3 Å². The molecule has 0 saturated carbocycles. The Kier molecular flexibility index (Phi) is 2.08. The van der Waals surface area contributed by atoms with Crippen LogP contribution in [-0.4, -0.2) is 20.5 Å². The summed E-state index contributed by atoms with van der Waals surface area (Å²) in [7, 11) is 0.